The van der Waals surface area contributed by atoms with Gasteiger partial charge in [0.1, 0.15) is 22.6 Å². The molecule has 1 aliphatic rings. The maximum atomic E-state index is 13.3. The Hall–Kier alpha value is -3.41. The molecular weight excluding hydrogens is 636 g/mol. The van der Waals surface area contributed by atoms with Crippen LogP contribution in [0.5, 0.6) is 0 Å². The lowest BCUT2D eigenvalue weighted by atomic mass is 9.98. The third-order valence-electron chi connectivity index (χ3n) is 7.03. The molecule has 0 radical (unpaired) electrons. The van der Waals surface area contributed by atoms with Crippen LogP contribution in [0.15, 0.2) is 36.4 Å². The SMILES string of the molecule is Cc1cc(CC2CN(C(=O)OC(C)(C)C)CC2OCCNCCc2ccccc2Cl)nc(N(C(=O)OC(C)(C)C)C(=O)OC(C)(C)C)c1. The number of rotatable bonds is 10. The van der Waals surface area contributed by atoms with Crippen molar-refractivity contribution in [2.45, 2.75) is 105 Å². The normalized spacial score (nSPS) is 16.9. The average Bonchev–Trinajstić information content (AvgIpc) is 3.31. The zero-order valence-corrected chi connectivity index (χ0v) is 30.9. The Balaban J connectivity index is 1.78. The number of aromatic nitrogens is 1. The minimum Gasteiger partial charge on any atom is -0.444 e. The van der Waals surface area contributed by atoms with E-state index in [9.17, 15) is 14.4 Å². The molecule has 11 nitrogen and oxygen atoms in total. The summed E-state index contributed by atoms with van der Waals surface area (Å²) in [6, 6.07) is 11.3. The molecule has 2 heterocycles. The van der Waals surface area contributed by atoms with E-state index in [0.29, 0.717) is 38.4 Å². The molecule has 2 unspecified atom stereocenters. The van der Waals surface area contributed by atoms with E-state index in [2.05, 4.69) is 5.32 Å². The predicted molar refractivity (Wildman–Crippen MR) is 187 cm³/mol. The Bertz CT molecular complexity index is 1390. The van der Waals surface area contributed by atoms with Crippen molar-refractivity contribution in [3.05, 3.63) is 58.2 Å². The number of carbonyl (C=O) groups is 3. The lowest BCUT2D eigenvalue weighted by Crippen LogP contribution is -2.44. The summed E-state index contributed by atoms with van der Waals surface area (Å²) in [4.78, 5) is 46.9. The second-order valence-electron chi connectivity index (χ2n) is 15.1. The number of pyridine rings is 1. The summed E-state index contributed by atoms with van der Waals surface area (Å²) >= 11 is 6.28. The van der Waals surface area contributed by atoms with E-state index in [4.69, 9.17) is 35.5 Å². The average molecular weight is 689 g/mol. The highest BCUT2D eigenvalue weighted by molar-refractivity contribution is 6.31. The number of amides is 3. The molecule has 1 aliphatic heterocycles. The summed E-state index contributed by atoms with van der Waals surface area (Å²) in [5.74, 6) is -0.0324. The van der Waals surface area contributed by atoms with E-state index in [-0.39, 0.29) is 17.8 Å². The van der Waals surface area contributed by atoms with Crippen molar-refractivity contribution in [1.29, 1.82) is 0 Å². The van der Waals surface area contributed by atoms with Gasteiger partial charge in [-0.2, -0.15) is 4.90 Å². The number of aryl methyl sites for hydroxylation is 1. The summed E-state index contributed by atoms with van der Waals surface area (Å²) in [7, 11) is 0. The molecule has 48 heavy (non-hydrogen) atoms. The van der Waals surface area contributed by atoms with Crippen molar-refractivity contribution in [2.24, 2.45) is 5.92 Å². The quantitative estimate of drug-likeness (QED) is 0.202. The van der Waals surface area contributed by atoms with Crippen LogP contribution in [0.4, 0.5) is 20.2 Å². The smallest absolute Gasteiger partial charge is 0.425 e. The molecule has 3 amide bonds. The topological polar surface area (TPSA) is 120 Å². The van der Waals surface area contributed by atoms with Gasteiger partial charge in [0.15, 0.2) is 0 Å². The summed E-state index contributed by atoms with van der Waals surface area (Å²) in [5, 5.41) is 4.15. The van der Waals surface area contributed by atoms with Crippen LogP contribution in [0, 0.1) is 12.8 Å². The van der Waals surface area contributed by atoms with Crippen molar-refractivity contribution < 1.29 is 33.3 Å². The number of halogens is 1. The van der Waals surface area contributed by atoms with Gasteiger partial charge < -0.3 is 29.2 Å². The number of anilines is 1. The molecule has 2 atom stereocenters. The summed E-state index contributed by atoms with van der Waals surface area (Å²) in [6.45, 7) is 20.2. The van der Waals surface area contributed by atoms with Gasteiger partial charge in [-0.05, 0) is 118 Å². The Morgan fingerprint density at radius 2 is 1.50 bits per heavy atom. The molecule has 0 saturated carbocycles. The zero-order valence-electron chi connectivity index (χ0n) is 30.1. The summed E-state index contributed by atoms with van der Waals surface area (Å²) in [6.07, 6.45) is -1.25. The molecule has 2 aromatic rings. The van der Waals surface area contributed by atoms with Crippen LogP contribution in [0.25, 0.3) is 0 Å². The molecule has 1 fully saturated rings. The second kappa shape index (κ2) is 16.3. The maximum Gasteiger partial charge on any atom is 0.425 e. The van der Waals surface area contributed by atoms with E-state index >= 15 is 0 Å². The van der Waals surface area contributed by atoms with Gasteiger partial charge in [0.25, 0.3) is 0 Å². The van der Waals surface area contributed by atoms with E-state index in [1.807, 2.05) is 58.0 Å². The van der Waals surface area contributed by atoms with Gasteiger partial charge in [-0.3, -0.25) is 0 Å². The number of ether oxygens (including phenoxy) is 4. The number of hydrogen-bond donors (Lipinski definition) is 1. The zero-order chi connectivity index (χ0) is 35.9. The molecule has 1 aromatic carbocycles. The van der Waals surface area contributed by atoms with Crippen molar-refractivity contribution >= 4 is 35.7 Å². The fourth-order valence-electron chi connectivity index (χ4n) is 5.12. The number of nitrogens with zero attached hydrogens (tertiary/aromatic N) is 3. The van der Waals surface area contributed by atoms with Gasteiger partial charge >= 0.3 is 18.3 Å². The molecule has 1 aromatic heterocycles. The number of nitrogens with one attached hydrogen (secondary N) is 1. The third-order valence-corrected chi connectivity index (χ3v) is 7.40. The number of likely N-dealkylation sites (tertiary alicyclic amines) is 1. The molecule has 3 rings (SSSR count). The van der Waals surface area contributed by atoms with Gasteiger partial charge in [0, 0.05) is 29.7 Å². The van der Waals surface area contributed by atoms with Gasteiger partial charge in [0.2, 0.25) is 0 Å². The second-order valence-corrected chi connectivity index (χ2v) is 15.5. The van der Waals surface area contributed by atoms with Crippen LogP contribution < -0.4 is 10.2 Å². The molecular formula is C36H53ClN4O7. The molecule has 266 valence electrons. The van der Waals surface area contributed by atoms with E-state index in [0.717, 1.165) is 34.0 Å². The minimum atomic E-state index is -0.888. The highest BCUT2D eigenvalue weighted by Crippen LogP contribution is 2.28. The van der Waals surface area contributed by atoms with Crippen molar-refractivity contribution in [3.8, 4) is 0 Å². The van der Waals surface area contributed by atoms with E-state index < -0.39 is 35.1 Å². The van der Waals surface area contributed by atoms with Crippen LogP contribution in [0.3, 0.4) is 0 Å². The van der Waals surface area contributed by atoms with E-state index in [1.54, 1.807) is 52.5 Å². The van der Waals surface area contributed by atoms with Crippen LogP contribution >= 0.6 is 11.6 Å². The summed E-state index contributed by atoms with van der Waals surface area (Å²) in [5.41, 5.74) is 0.147. The van der Waals surface area contributed by atoms with Crippen LogP contribution in [-0.2, 0) is 31.8 Å². The first kappa shape index (κ1) is 39.0. The Kier molecular flexibility index (Phi) is 13.3. The minimum absolute atomic E-state index is 0.0932. The number of hydrogen-bond acceptors (Lipinski definition) is 9. The Morgan fingerprint density at radius 3 is 2.08 bits per heavy atom. The van der Waals surface area contributed by atoms with Crippen LogP contribution in [-0.4, -0.2) is 83.9 Å². The first-order valence-electron chi connectivity index (χ1n) is 16.5. The van der Waals surface area contributed by atoms with E-state index in [1.165, 1.54) is 0 Å². The Labute approximate surface area is 290 Å². The van der Waals surface area contributed by atoms with Gasteiger partial charge in [-0.15, -0.1) is 0 Å². The largest absolute Gasteiger partial charge is 0.444 e. The molecule has 1 saturated heterocycles. The number of imide groups is 1. The monoisotopic (exact) mass is 688 g/mol. The number of benzene rings is 1. The first-order valence-corrected chi connectivity index (χ1v) is 16.9. The Morgan fingerprint density at radius 1 is 0.896 bits per heavy atom. The molecule has 12 heteroatoms. The van der Waals surface area contributed by atoms with Crippen LogP contribution in [0.1, 0.15) is 79.1 Å². The van der Waals surface area contributed by atoms with Gasteiger partial charge in [-0.25, -0.2) is 19.4 Å². The fourth-order valence-corrected chi connectivity index (χ4v) is 5.35. The number of carbonyl (C=O) groups excluding carboxylic acids is 3. The predicted octanol–water partition coefficient (Wildman–Crippen LogP) is 7.35. The molecule has 0 bridgehead atoms. The van der Waals surface area contributed by atoms with Crippen molar-refractivity contribution in [2.75, 3.05) is 37.7 Å². The van der Waals surface area contributed by atoms with Crippen LogP contribution in [0.2, 0.25) is 5.02 Å². The first-order chi connectivity index (χ1) is 22.2. The lowest BCUT2D eigenvalue weighted by molar-refractivity contribution is 0.0186. The highest BCUT2D eigenvalue weighted by atomic mass is 35.5. The molecule has 0 aliphatic carbocycles. The maximum absolute atomic E-state index is 13.3. The third kappa shape index (κ3) is 12.9. The molecule has 0 spiro atoms. The summed E-state index contributed by atoms with van der Waals surface area (Å²) < 4.78 is 23.1. The van der Waals surface area contributed by atoms with Crippen molar-refractivity contribution in [3.63, 3.8) is 0 Å². The van der Waals surface area contributed by atoms with Gasteiger partial charge in [-0.1, -0.05) is 29.8 Å². The molecule has 1 N–H and O–H groups in total. The van der Waals surface area contributed by atoms with Crippen molar-refractivity contribution in [1.82, 2.24) is 15.2 Å². The fraction of sp³-hybridized carbons (Fsp3) is 0.611. The standard InChI is InChI=1S/C36H53ClN4O7/c1-24-19-27(39-30(20-24)41(32(43)47-35(5,6)7)33(44)48-36(8,9)10)21-26-22-40(31(42)46-34(2,3)4)23-29(26)45-18-17-38-16-15-25-13-11-12-14-28(25)37/h11-14,19-20,26,29,38H,15-18,21-23H2,1-10H3. The van der Waals surface area contributed by atoms with Gasteiger partial charge in [0.05, 0.1) is 19.3 Å². The lowest BCUT2D eigenvalue weighted by Gasteiger charge is -2.28. The highest BCUT2D eigenvalue weighted by Gasteiger charge is 2.39.